The molecule has 0 spiro atoms. The highest BCUT2D eigenvalue weighted by Crippen LogP contribution is 2.28. The molecule has 1 aromatic rings. The molecule has 2 fully saturated rings. The summed E-state index contributed by atoms with van der Waals surface area (Å²) < 4.78 is 0. The van der Waals surface area contributed by atoms with Gasteiger partial charge in [0.05, 0.1) is 6.54 Å². The molecule has 0 bridgehead atoms. The molecule has 3 rings (SSSR count). The summed E-state index contributed by atoms with van der Waals surface area (Å²) in [6, 6.07) is 2.91. The van der Waals surface area contributed by atoms with Gasteiger partial charge in [-0.2, -0.15) is 0 Å². The van der Waals surface area contributed by atoms with Gasteiger partial charge >= 0.3 is 17.8 Å². The van der Waals surface area contributed by atoms with Gasteiger partial charge in [-0.1, -0.05) is 30.5 Å². The fourth-order valence-corrected chi connectivity index (χ4v) is 3.99. The minimum absolute atomic E-state index is 0.216. The molecule has 1 aromatic carbocycles. The average molecular weight is 342 g/mol. The van der Waals surface area contributed by atoms with E-state index in [1.807, 2.05) is 32.9 Å². The zero-order valence-electron chi connectivity index (χ0n) is 14.8. The second-order valence-electron chi connectivity index (χ2n) is 6.98. The molecule has 132 valence electrons. The van der Waals surface area contributed by atoms with Crippen LogP contribution in [0.2, 0.25) is 0 Å². The Morgan fingerprint density at radius 3 is 2.12 bits per heavy atom. The van der Waals surface area contributed by atoms with Crippen molar-refractivity contribution in [2.24, 2.45) is 0 Å². The Bertz CT molecular complexity index is 755. The van der Waals surface area contributed by atoms with Crippen molar-refractivity contribution in [3.05, 3.63) is 34.4 Å². The van der Waals surface area contributed by atoms with E-state index in [1.54, 1.807) is 0 Å². The molecule has 6 nitrogen and oxygen atoms in total. The third kappa shape index (κ3) is 2.97. The number of amides is 4. The number of ketones is 1. The van der Waals surface area contributed by atoms with Gasteiger partial charge in [-0.05, 0) is 44.7 Å². The summed E-state index contributed by atoms with van der Waals surface area (Å²) in [5.74, 6) is -2.02. The van der Waals surface area contributed by atoms with Gasteiger partial charge in [-0.25, -0.2) is 9.69 Å². The Labute approximate surface area is 146 Å². The molecule has 4 amide bonds. The molecule has 0 atom stereocenters. The van der Waals surface area contributed by atoms with Gasteiger partial charge in [0.1, 0.15) is 0 Å². The van der Waals surface area contributed by atoms with Crippen LogP contribution >= 0.6 is 0 Å². The van der Waals surface area contributed by atoms with E-state index >= 15 is 0 Å². The second-order valence-corrected chi connectivity index (χ2v) is 6.98. The van der Waals surface area contributed by atoms with Crippen LogP contribution in [0.3, 0.4) is 0 Å². The smallest absolute Gasteiger partial charge is 0.292 e. The number of carbonyl (C=O) groups is 4. The van der Waals surface area contributed by atoms with Gasteiger partial charge in [-0.3, -0.25) is 19.3 Å². The molecule has 1 saturated heterocycles. The average Bonchev–Trinajstić information content (AvgIpc) is 3.10. The van der Waals surface area contributed by atoms with E-state index in [0.29, 0.717) is 5.56 Å². The predicted molar refractivity (Wildman–Crippen MR) is 91.2 cm³/mol. The van der Waals surface area contributed by atoms with Crippen LogP contribution in [0.25, 0.3) is 0 Å². The van der Waals surface area contributed by atoms with Crippen LogP contribution < -0.4 is 0 Å². The van der Waals surface area contributed by atoms with Crippen molar-refractivity contribution in [2.45, 2.75) is 52.5 Å². The van der Waals surface area contributed by atoms with E-state index in [9.17, 15) is 19.2 Å². The minimum atomic E-state index is -0.896. The fraction of sp³-hybridized carbons (Fsp3) is 0.474. The summed E-state index contributed by atoms with van der Waals surface area (Å²) in [5.41, 5.74) is 3.17. The quantitative estimate of drug-likeness (QED) is 0.479. The second kappa shape index (κ2) is 6.43. The van der Waals surface area contributed by atoms with Crippen LogP contribution in [-0.4, -0.2) is 46.0 Å². The van der Waals surface area contributed by atoms with Crippen LogP contribution in [0.1, 0.15) is 52.7 Å². The highest BCUT2D eigenvalue weighted by atomic mass is 16.2. The number of nitrogens with zero attached hydrogens (tertiary/aromatic N) is 2. The highest BCUT2D eigenvalue weighted by Gasteiger charge is 2.48. The summed E-state index contributed by atoms with van der Waals surface area (Å²) in [6.45, 7) is 5.21. The molecule has 0 aromatic heterocycles. The standard InChI is InChI=1S/C19H22N2O4/c1-11-8-12(2)16(13(3)9-11)15(22)10-20-17(23)18(24)21(19(20)25)14-6-4-5-7-14/h8-9,14H,4-7,10H2,1-3H3. The minimum Gasteiger partial charge on any atom is -0.292 e. The van der Waals surface area contributed by atoms with Crippen molar-refractivity contribution in [3.8, 4) is 0 Å². The van der Waals surface area contributed by atoms with Crippen LogP contribution in [0, 0.1) is 20.8 Å². The first-order chi connectivity index (χ1) is 11.8. The van der Waals surface area contributed by atoms with E-state index in [4.69, 9.17) is 0 Å². The SMILES string of the molecule is Cc1cc(C)c(C(=O)CN2C(=O)C(=O)N(C3CCCC3)C2=O)c(C)c1. The monoisotopic (exact) mass is 342 g/mol. The van der Waals surface area contributed by atoms with Crippen molar-refractivity contribution in [2.75, 3.05) is 6.54 Å². The van der Waals surface area contributed by atoms with E-state index in [0.717, 1.165) is 52.2 Å². The molecule has 2 aliphatic rings. The Hall–Kier alpha value is -2.50. The van der Waals surface area contributed by atoms with Gasteiger partial charge < -0.3 is 0 Å². The number of benzene rings is 1. The number of urea groups is 1. The summed E-state index contributed by atoms with van der Waals surface area (Å²) >= 11 is 0. The van der Waals surface area contributed by atoms with Crippen LogP contribution in [0.5, 0.6) is 0 Å². The lowest BCUT2D eigenvalue weighted by Crippen LogP contribution is -2.41. The Kier molecular flexibility index (Phi) is 4.45. The first kappa shape index (κ1) is 17.3. The van der Waals surface area contributed by atoms with Crippen LogP contribution in [0.4, 0.5) is 4.79 Å². The maximum atomic E-state index is 12.7. The molecule has 1 aliphatic heterocycles. The van der Waals surface area contributed by atoms with Crippen LogP contribution in [-0.2, 0) is 9.59 Å². The molecule has 0 unspecified atom stereocenters. The highest BCUT2D eigenvalue weighted by molar-refractivity contribution is 6.45. The van der Waals surface area contributed by atoms with Gasteiger partial charge in [-0.15, -0.1) is 0 Å². The number of carbonyl (C=O) groups excluding carboxylic acids is 4. The zero-order valence-corrected chi connectivity index (χ0v) is 14.8. The topological polar surface area (TPSA) is 74.8 Å². The molecule has 25 heavy (non-hydrogen) atoms. The first-order valence-electron chi connectivity index (χ1n) is 8.61. The summed E-state index contributed by atoms with van der Waals surface area (Å²) in [6.07, 6.45) is 3.33. The van der Waals surface area contributed by atoms with Crippen molar-refractivity contribution in [1.82, 2.24) is 9.80 Å². The lowest BCUT2D eigenvalue weighted by atomic mass is 9.96. The zero-order chi connectivity index (χ0) is 18.3. The number of Topliss-reactive ketones (excluding diaryl/α,β-unsaturated/α-hetero) is 1. The third-order valence-electron chi connectivity index (χ3n) is 5.03. The van der Waals surface area contributed by atoms with E-state index in [1.165, 1.54) is 0 Å². The van der Waals surface area contributed by atoms with Crippen molar-refractivity contribution < 1.29 is 19.2 Å². The summed E-state index contributed by atoms with van der Waals surface area (Å²) in [5, 5.41) is 0. The largest absolute Gasteiger partial charge is 0.334 e. The lowest BCUT2D eigenvalue weighted by molar-refractivity contribution is -0.143. The van der Waals surface area contributed by atoms with Crippen LogP contribution in [0.15, 0.2) is 12.1 Å². The number of imide groups is 2. The molecule has 0 N–H and O–H groups in total. The molecular formula is C19H22N2O4. The first-order valence-corrected chi connectivity index (χ1v) is 8.61. The van der Waals surface area contributed by atoms with E-state index in [-0.39, 0.29) is 11.8 Å². The molecule has 1 heterocycles. The normalized spacial score (nSPS) is 18.6. The summed E-state index contributed by atoms with van der Waals surface area (Å²) in [4.78, 5) is 51.6. The fourth-order valence-electron chi connectivity index (χ4n) is 3.99. The predicted octanol–water partition coefficient (Wildman–Crippen LogP) is 2.53. The van der Waals surface area contributed by atoms with Crippen molar-refractivity contribution in [1.29, 1.82) is 0 Å². The van der Waals surface area contributed by atoms with Crippen molar-refractivity contribution >= 4 is 23.6 Å². The third-order valence-corrected chi connectivity index (χ3v) is 5.03. The molecule has 1 aliphatic carbocycles. The molecule has 0 radical (unpaired) electrons. The van der Waals surface area contributed by atoms with Gasteiger partial charge in [0.2, 0.25) is 0 Å². The number of aryl methyl sites for hydroxylation is 3. The lowest BCUT2D eigenvalue weighted by Gasteiger charge is -2.21. The Morgan fingerprint density at radius 1 is 1.00 bits per heavy atom. The number of hydrogen-bond acceptors (Lipinski definition) is 4. The van der Waals surface area contributed by atoms with Gasteiger partial charge in [0.25, 0.3) is 0 Å². The van der Waals surface area contributed by atoms with E-state index < -0.39 is 24.4 Å². The summed E-state index contributed by atoms with van der Waals surface area (Å²) in [7, 11) is 0. The number of rotatable bonds is 4. The maximum Gasteiger partial charge on any atom is 0.334 e. The molecule has 6 heteroatoms. The van der Waals surface area contributed by atoms with Crippen molar-refractivity contribution in [3.63, 3.8) is 0 Å². The van der Waals surface area contributed by atoms with Gasteiger partial charge in [0.15, 0.2) is 5.78 Å². The van der Waals surface area contributed by atoms with Gasteiger partial charge in [0, 0.05) is 11.6 Å². The molecular weight excluding hydrogens is 320 g/mol. The molecule has 1 saturated carbocycles. The Morgan fingerprint density at radius 2 is 1.56 bits per heavy atom. The maximum absolute atomic E-state index is 12.7. The van der Waals surface area contributed by atoms with E-state index in [2.05, 4.69) is 0 Å². The Balaban J connectivity index is 1.83. The number of hydrogen-bond donors (Lipinski definition) is 0.